The third-order valence-electron chi connectivity index (χ3n) is 2.28. The molecule has 7 heteroatoms. The van der Waals surface area contributed by atoms with Gasteiger partial charge in [0.15, 0.2) is 11.6 Å². The van der Waals surface area contributed by atoms with E-state index in [1.165, 1.54) is 6.07 Å². The second kappa shape index (κ2) is 5.79. The summed E-state index contributed by atoms with van der Waals surface area (Å²) in [5.41, 5.74) is 0.476. The molecule has 0 spiro atoms. The number of nitrogens with zero attached hydrogens (tertiary/aromatic N) is 3. The number of rotatable bonds is 4. The molecule has 0 radical (unpaired) electrons. The standard InChI is InChI=1S/C12H12ClFN4O/c1-3-15-11-16-10(13)17-12(18-11)19-8-6-4-5-7(2)9(8)14/h4-6H,3H2,1-2H3,(H,15,16,17,18). The summed E-state index contributed by atoms with van der Waals surface area (Å²) in [6, 6.07) is 4.77. The van der Waals surface area contributed by atoms with Crippen molar-refractivity contribution in [2.45, 2.75) is 13.8 Å². The maximum absolute atomic E-state index is 13.8. The van der Waals surface area contributed by atoms with Gasteiger partial charge in [0.1, 0.15) is 0 Å². The van der Waals surface area contributed by atoms with Crippen molar-refractivity contribution in [1.29, 1.82) is 0 Å². The maximum atomic E-state index is 13.8. The Hall–Kier alpha value is -1.95. The second-order valence-electron chi connectivity index (χ2n) is 3.73. The van der Waals surface area contributed by atoms with Crippen LogP contribution in [0.25, 0.3) is 0 Å². The first kappa shape index (κ1) is 13.5. The maximum Gasteiger partial charge on any atom is 0.328 e. The number of halogens is 2. The van der Waals surface area contributed by atoms with Crippen LogP contribution in [0.5, 0.6) is 11.8 Å². The van der Waals surface area contributed by atoms with E-state index in [9.17, 15) is 4.39 Å². The van der Waals surface area contributed by atoms with E-state index in [2.05, 4.69) is 20.3 Å². The molecule has 0 atom stereocenters. The molecule has 0 saturated heterocycles. The van der Waals surface area contributed by atoms with Gasteiger partial charge in [0.25, 0.3) is 0 Å². The second-order valence-corrected chi connectivity index (χ2v) is 4.07. The highest BCUT2D eigenvalue weighted by Crippen LogP contribution is 2.24. The van der Waals surface area contributed by atoms with Crippen LogP contribution in [0, 0.1) is 12.7 Å². The first-order chi connectivity index (χ1) is 9.10. The molecule has 0 aliphatic rings. The van der Waals surface area contributed by atoms with Crippen LogP contribution in [-0.4, -0.2) is 21.5 Å². The van der Waals surface area contributed by atoms with Gasteiger partial charge in [-0.15, -0.1) is 0 Å². The Bertz CT molecular complexity index is 594. The number of aryl methyl sites for hydroxylation is 1. The van der Waals surface area contributed by atoms with Gasteiger partial charge < -0.3 is 10.1 Å². The molecule has 0 aliphatic carbocycles. The van der Waals surface area contributed by atoms with Crippen molar-refractivity contribution in [2.75, 3.05) is 11.9 Å². The number of nitrogens with one attached hydrogen (secondary N) is 1. The van der Waals surface area contributed by atoms with Crippen LogP contribution >= 0.6 is 11.6 Å². The summed E-state index contributed by atoms with van der Waals surface area (Å²) < 4.78 is 19.1. The molecular formula is C12H12ClFN4O. The van der Waals surface area contributed by atoms with Crippen molar-refractivity contribution in [2.24, 2.45) is 0 Å². The molecule has 2 aromatic rings. The Labute approximate surface area is 114 Å². The molecule has 2 rings (SSSR count). The Morgan fingerprint density at radius 1 is 1.32 bits per heavy atom. The van der Waals surface area contributed by atoms with E-state index in [1.54, 1.807) is 19.1 Å². The Morgan fingerprint density at radius 3 is 2.84 bits per heavy atom. The molecule has 0 fully saturated rings. The first-order valence-electron chi connectivity index (χ1n) is 5.68. The molecule has 1 aromatic carbocycles. The summed E-state index contributed by atoms with van der Waals surface area (Å²) >= 11 is 5.75. The van der Waals surface area contributed by atoms with Crippen LogP contribution in [0.2, 0.25) is 5.28 Å². The van der Waals surface area contributed by atoms with E-state index in [0.717, 1.165) is 0 Å². The van der Waals surface area contributed by atoms with Crippen LogP contribution in [0.1, 0.15) is 12.5 Å². The number of ether oxygens (including phenoxy) is 1. The number of hydrogen-bond acceptors (Lipinski definition) is 5. The molecule has 0 unspecified atom stereocenters. The van der Waals surface area contributed by atoms with Gasteiger partial charge in [-0.3, -0.25) is 0 Å². The highest BCUT2D eigenvalue weighted by Gasteiger charge is 2.11. The van der Waals surface area contributed by atoms with Gasteiger partial charge in [0, 0.05) is 6.54 Å². The molecular weight excluding hydrogens is 271 g/mol. The molecule has 0 amide bonds. The van der Waals surface area contributed by atoms with E-state index < -0.39 is 5.82 Å². The summed E-state index contributed by atoms with van der Waals surface area (Å²) in [6.45, 7) is 4.16. The number of benzene rings is 1. The summed E-state index contributed by atoms with van der Waals surface area (Å²) in [6.07, 6.45) is 0. The molecule has 5 nitrogen and oxygen atoms in total. The van der Waals surface area contributed by atoms with Crippen LogP contribution in [-0.2, 0) is 0 Å². The largest absolute Gasteiger partial charge is 0.421 e. The lowest BCUT2D eigenvalue weighted by Crippen LogP contribution is -2.05. The van der Waals surface area contributed by atoms with E-state index in [1.807, 2.05) is 6.92 Å². The van der Waals surface area contributed by atoms with Crippen molar-refractivity contribution >= 4 is 17.5 Å². The molecule has 100 valence electrons. The van der Waals surface area contributed by atoms with Crippen molar-refractivity contribution < 1.29 is 9.13 Å². The van der Waals surface area contributed by atoms with Crippen LogP contribution in [0.3, 0.4) is 0 Å². The van der Waals surface area contributed by atoms with Gasteiger partial charge in [-0.25, -0.2) is 4.39 Å². The molecule has 0 bridgehead atoms. The van der Waals surface area contributed by atoms with Gasteiger partial charge in [-0.2, -0.15) is 15.0 Å². The third-order valence-corrected chi connectivity index (χ3v) is 2.45. The monoisotopic (exact) mass is 282 g/mol. The third kappa shape index (κ3) is 3.29. The minimum absolute atomic E-state index is 0.0194. The average Bonchev–Trinajstić information content (AvgIpc) is 2.35. The van der Waals surface area contributed by atoms with Crippen molar-refractivity contribution in [3.8, 4) is 11.8 Å². The predicted molar refractivity (Wildman–Crippen MR) is 70.2 cm³/mol. The molecule has 1 aromatic heterocycles. The summed E-state index contributed by atoms with van der Waals surface area (Å²) in [4.78, 5) is 11.6. The fourth-order valence-electron chi connectivity index (χ4n) is 1.41. The van der Waals surface area contributed by atoms with Crippen LogP contribution < -0.4 is 10.1 Å². The van der Waals surface area contributed by atoms with Gasteiger partial charge in [-0.1, -0.05) is 12.1 Å². The number of anilines is 1. The Balaban J connectivity index is 2.30. The van der Waals surface area contributed by atoms with Gasteiger partial charge >= 0.3 is 6.01 Å². The van der Waals surface area contributed by atoms with E-state index in [0.29, 0.717) is 12.1 Å². The Kier molecular flexibility index (Phi) is 4.11. The van der Waals surface area contributed by atoms with Crippen molar-refractivity contribution in [3.05, 3.63) is 34.9 Å². The summed E-state index contributed by atoms with van der Waals surface area (Å²) in [7, 11) is 0. The lowest BCUT2D eigenvalue weighted by atomic mass is 10.2. The van der Waals surface area contributed by atoms with Gasteiger partial charge in [-0.05, 0) is 37.1 Å². The zero-order valence-electron chi connectivity index (χ0n) is 10.4. The smallest absolute Gasteiger partial charge is 0.328 e. The first-order valence-corrected chi connectivity index (χ1v) is 6.06. The van der Waals surface area contributed by atoms with E-state index >= 15 is 0 Å². The van der Waals surface area contributed by atoms with Crippen LogP contribution in [0.4, 0.5) is 10.3 Å². The average molecular weight is 283 g/mol. The summed E-state index contributed by atoms with van der Waals surface area (Å²) in [5, 5.41) is 2.86. The molecule has 19 heavy (non-hydrogen) atoms. The molecule has 0 saturated carbocycles. The fourth-order valence-corrected chi connectivity index (χ4v) is 1.56. The lowest BCUT2D eigenvalue weighted by Gasteiger charge is -2.08. The van der Waals surface area contributed by atoms with E-state index in [-0.39, 0.29) is 23.0 Å². The highest BCUT2D eigenvalue weighted by atomic mass is 35.5. The topological polar surface area (TPSA) is 59.9 Å². The zero-order chi connectivity index (χ0) is 13.8. The van der Waals surface area contributed by atoms with Crippen molar-refractivity contribution in [1.82, 2.24) is 15.0 Å². The lowest BCUT2D eigenvalue weighted by molar-refractivity contribution is 0.408. The number of hydrogen-bond donors (Lipinski definition) is 1. The summed E-state index contributed by atoms with van der Waals surface area (Å²) in [5.74, 6) is -0.126. The molecule has 0 aliphatic heterocycles. The molecule has 1 N–H and O–H groups in total. The quantitative estimate of drug-likeness (QED) is 0.933. The molecule has 1 heterocycles. The SMILES string of the molecule is CCNc1nc(Cl)nc(Oc2cccc(C)c2F)n1. The Morgan fingerprint density at radius 2 is 2.11 bits per heavy atom. The fraction of sp³-hybridized carbons (Fsp3) is 0.250. The predicted octanol–water partition coefficient (Wildman–Crippen LogP) is 3.20. The van der Waals surface area contributed by atoms with Gasteiger partial charge in [0.2, 0.25) is 11.2 Å². The highest BCUT2D eigenvalue weighted by molar-refractivity contribution is 6.28. The zero-order valence-corrected chi connectivity index (χ0v) is 11.2. The normalized spacial score (nSPS) is 10.3. The van der Waals surface area contributed by atoms with Gasteiger partial charge in [0.05, 0.1) is 0 Å². The minimum atomic E-state index is -0.455. The van der Waals surface area contributed by atoms with Crippen molar-refractivity contribution in [3.63, 3.8) is 0 Å². The minimum Gasteiger partial charge on any atom is -0.421 e. The van der Waals surface area contributed by atoms with E-state index in [4.69, 9.17) is 16.3 Å². The number of aromatic nitrogens is 3. The van der Waals surface area contributed by atoms with Crippen LogP contribution in [0.15, 0.2) is 18.2 Å².